The fourth-order valence-corrected chi connectivity index (χ4v) is 4.57. The molecule has 0 radical (unpaired) electrons. The van der Waals surface area contributed by atoms with Crippen LogP contribution in [-0.2, 0) is 4.74 Å². The molecule has 34 heavy (non-hydrogen) atoms. The van der Waals surface area contributed by atoms with E-state index in [0.717, 1.165) is 0 Å². The minimum Gasteiger partial charge on any atom is -0.444 e. The zero-order valence-electron chi connectivity index (χ0n) is 18.5. The van der Waals surface area contributed by atoms with Gasteiger partial charge in [0.1, 0.15) is 16.8 Å². The summed E-state index contributed by atoms with van der Waals surface area (Å²) >= 11 is 15.2. The first kappa shape index (κ1) is 26.2. The van der Waals surface area contributed by atoms with Crippen molar-refractivity contribution in [2.45, 2.75) is 57.7 Å². The molecular formula is C21H21BrCl2FN5O4. The molecular weight excluding hydrogens is 556 g/mol. The maximum Gasteiger partial charge on any atom is 0.410 e. The Kier molecular flexibility index (Phi) is 7.75. The van der Waals surface area contributed by atoms with Gasteiger partial charge in [0.15, 0.2) is 5.82 Å². The molecule has 2 heterocycles. The van der Waals surface area contributed by atoms with Crippen molar-refractivity contribution in [3.63, 3.8) is 0 Å². The maximum atomic E-state index is 14.8. The van der Waals surface area contributed by atoms with Gasteiger partial charge in [-0.05, 0) is 55.6 Å². The van der Waals surface area contributed by atoms with Crippen molar-refractivity contribution >= 4 is 67.5 Å². The number of rotatable bonds is 4. The lowest BCUT2D eigenvalue weighted by molar-refractivity contribution is -0.384. The number of nitrogens with one attached hydrogen (secondary N) is 1. The molecule has 1 aliphatic rings. The third-order valence-corrected chi connectivity index (χ3v) is 6.81. The number of nitrogens with zero attached hydrogens (tertiary/aromatic N) is 4. The summed E-state index contributed by atoms with van der Waals surface area (Å²) in [6.07, 6.45) is 0.211. The van der Waals surface area contributed by atoms with E-state index >= 15 is 0 Å². The molecule has 3 rings (SSSR count). The zero-order chi connectivity index (χ0) is 25.4. The van der Waals surface area contributed by atoms with E-state index in [2.05, 4.69) is 32.3 Å². The number of ether oxygens (including phenoxy) is 1. The maximum absolute atomic E-state index is 14.8. The van der Waals surface area contributed by atoms with Crippen molar-refractivity contribution in [1.29, 1.82) is 5.26 Å². The number of pyridine rings is 1. The predicted molar refractivity (Wildman–Crippen MR) is 130 cm³/mol. The van der Waals surface area contributed by atoms with Gasteiger partial charge in [0, 0.05) is 24.0 Å². The van der Waals surface area contributed by atoms with Crippen LogP contribution in [0, 0.1) is 27.3 Å². The number of nitriles is 1. The van der Waals surface area contributed by atoms with E-state index in [1.807, 2.05) is 0 Å². The van der Waals surface area contributed by atoms with Gasteiger partial charge in [-0.15, -0.1) is 0 Å². The lowest BCUT2D eigenvalue weighted by Crippen LogP contribution is -2.50. The van der Waals surface area contributed by atoms with Crippen molar-refractivity contribution in [2.24, 2.45) is 0 Å². The summed E-state index contributed by atoms with van der Waals surface area (Å²) in [5, 5.41) is 23.8. The van der Waals surface area contributed by atoms with E-state index in [-0.39, 0.29) is 45.1 Å². The number of likely N-dealkylation sites (tertiary alicyclic amines) is 1. The van der Waals surface area contributed by atoms with Gasteiger partial charge in [0.05, 0.1) is 26.9 Å². The number of nitro groups is 1. The van der Waals surface area contributed by atoms with Crippen molar-refractivity contribution in [1.82, 2.24) is 9.88 Å². The first-order valence-corrected chi connectivity index (χ1v) is 11.8. The smallest absolute Gasteiger partial charge is 0.410 e. The molecule has 0 aliphatic carbocycles. The largest absolute Gasteiger partial charge is 0.444 e. The third-order valence-electron chi connectivity index (χ3n) is 5.25. The van der Waals surface area contributed by atoms with Crippen molar-refractivity contribution in [2.75, 3.05) is 11.9 Å². The number of carbonyl (C=O) groups excluding carboxylic acids is 1. The molecule has 0 unspecified atom stereocenters. The van der Waals surface area contributed by atoms with Crippen LogP contribution in [0.5, 0.6) is 0 Å². The van der Waals surface area contributed by atoms with E-state index in [1.54, 1.807) is 20.8 Å². The average molecular weight is 577 g/mol. The number of fused-ring (bicyclic) bond motifs is 1. The first-order valence-electron chi connectivity index (χ1n) is 10.3. The molecule has 182 valence electrons. The van der Waals surface area contributed by atoms with Crippen LogP contribution in [0.2, 0.25) is 10.2 Å². The van der Waals surface area contributed by atoms with Gasteiger partial charge in [-0.1, -0.05) is 23.2 Å². The lowest BCUT2D eigenvalue weighted by Gasteiger charge is -2.39. The second kappa shape index (κ2) is 10.1. The van der Waals surface area contributed by atoms with E-state index in [9.17, 15) is 24.6 Å². The molecule has 1 N–H and O–H groups in total. The lowest BCUT2D eigenvalue weighted by atomic mass is 9.95. The van der Waals surface area contributed by atoms with Crippen molar-refractivity contribution in [3.8, 4) is 6.07 Å². The van der Waals surface area contributed by atoms with Crippen LogP contribution in [0.25, 0.3) is 10.9 Å². The topological polar surface area (TPSA) is 121 Å². The monoisotopic (exact) mass is 575 g/mol. The third kappa shape index (κ3) is 5.45. The second-order valence-corrected chi connectivity index (χ2v) is 10.4. The summed E-state index contributed by atoms with van der Waals surface area (Å²) in [6, 6.07) is 2.57. The molecule has 9 nitrogen and oxygen atoms in total. The Labute approximate surface area is 213 Å². The Balaban J connectivity index is 1.99. The number of anilines is 1. The van der Waals surface area contributed by atoms with Crippen LogP contribution in [0.3, 0.4) is 0 Å². The van der Waals surface area contributed by atoms with Gasteiger partial charge >= 0.3 is 11.8 Å². The molecule has 0 spiro atoms. The minimum atomic E-state index is -0.801. The number of hydrogen-bond donors (Lipinski definition) is 1. The van der Waals surface area contributed by atoms with Crippen LogP contribution in [-0.4, -0.2) is 45.1 Å². The summed E-state index contributed by atoms with van der Waals surface area (Å²) < 4.78 is 20.2. The number of hydrogen-bond acceptors (Lipinski definition) is 7. The molecule has 1 aromatic carbocycles. The number of halogens is 4. The van der Waals surface area contributed by atoms with Crippen molar-refractivity contribution < 1.29 is 18.8 Å². The van der Waals surface area contributed by atoms with Gasteiger partial charge in [0.25, 0.3) is 0 Å². The van der Waals surface area contributed by atoms with Crippen LogP contribution < -0.4 is 5.32 Å². The predicted octanol–water partition coefficient (Wildman–Crippen LogP) is 6.45. The standard InChI is InChI=1S/C21H21BrCl2FN5O4/c1-21(2,3)34-20(31)29-7-5-10(8-11(29)4-6-26)27-17-12-9-13(23)14(22)15(25)16(12)28-19(24)18(17)30(32)33/h9-11H,4-5,7-8H2,1-3H3,(H,27,28)/t10-,11+/m0/s1. The SMILES string of the molecule is CC(C)(C)OC(=O)N1CC[C@H](Nc2c([N+](=O)[O-])c(Cl)nc3c(F)c(Br)c(Cl)cc23)C[C@H]1CC#N. The Bertz CT molecular complexity index is 1200. The summed E-state index contributed by atoms with van der Waals surface area (Å²) in [5.74, 6) is -0.801. The van der Waals surface area contributed by atoms with Crippen LogP contribution in [0.1, 0.15) is 40.0 Å². The minimum absolute atomic E-state index is 0.00794. The number of carbonyl (C=O) groups is 1. The molecule has 1 aliphatic heterocycles. The quantitative estimate of drug-likeness (QED) is 0.192. The van der Waals surface area contributed by atoms with Crippen LogP contribution >= 0.6 is 39.1 Å². The second-order valence-electron chi connectivity index (χ2n) is 8.82. The van der Waals surface area contributed by atoms with E-state index < -0.39 is 39.3 Å². The highest BCUT2D eigenvalue weighted by atomic mass is 79.9. The Hall–Kier alpha value is -2.42. The molecule has 1 aromatic heterocycles. The van der Waals surface area contributed by atoms with Gasteiger partial charge in [0.2, 0.25) is 5.15 Å². The summed E-state index contributed by atoms with van der Waals surface area (Å²) in [6.45, 7) is 5.50. The first-order chi connectivity index (χ1) is 15.8. The molecule has 0 bridgehead atoms. The molecule has 2 atom stereocenters. The molecule has 13 heteroatoms. The highest BCUT2D eigenvalue weighted by molar-refractivity contribution is 9.10. The number of benzene rings is 1. The van der Waals surface area contributed by atoms with Crippen LogP contribution in [0.4, 0.5) is 20.6 Å². The summed E-state index contributed by atoms with van der Waals surface area (Å²) in [5.41, 5.74) is -1.43. The molecule has 0 saturated carbocycles. The summed E-state index contributed by atoms with van der Waals surface area (Å²) in [4.78, 5) is 29.1. The normalized spacial score (nSPS) is 18.5. The highest BCUT2D eigenvalue weighted by Crippen LogP contribution is 2.42. The van der Waals surface area contributed by atoms with Gasteiger partial charge in [-0.3, -0.25) is 10.1 Å². The van der Waals surface area contributed by atoms with Gasteiger partial charge in [-0.2, -0.15) is 5.26 Å². The highest BCUT2D eigenvalue weighted by Gasteiger charge is 2.36. The molecule has 1 amide bonds. The van der Waals surface area contributed by atoms with Gasteiger partial charge < -0.3 is 15.0 Å². The van der Waals surface area contributed by atoms with E-state index in [1.165, 1.54) is 11.0 Å². The molecule has 2 aromatic rings. The fourth-order valence-electron chi connectivity index (χ4n) is 3.83. The Morgan fingerprint density at radius 1 is 1.50 bits per heavy atom. The Morgan fingerprint density at radius 3 is 2.76 bits per heavy atom. The molecule has 1 fully saturated rings. The van der Waals surface area contributed by atoms with Gasteiger partial charge in [-0.25, -0.2) is 14.2 Å². The van der Waals surface area contributed by atoms with Crippen LogP contribution in [0.15, 0.2) is 10.5 Å². The number of aromatic nitrogens is 1. The number of amides is 1. The van der Waals surface area contributed by atoms with Crippen molar-refractivity contribution in [3.05, 3.63) is 36.6 Å². The van der Waals surface area contributed by atoms with E-state index in [4.69, 9.17) is 27.9 Å². The number of piperidine rings is 1. The Morgan fingerprint density at radius 2 is 2.18 bits per heavy atom. The zero-order valence-corrected chi connectivity index (χ0v) is 21.6. The summed E-state index contributed by atoms with van der Waals surface area (Å²) in [7, 11) is 0. The fraction of sp³-hybridized carbons (Fsp3) is 0.476. The van der Waals surface area contributed by atoms with E-state index in [0.29, 0.717) is 12.8 Å². The molecule has 1 saturated heterocycles. The average Bonchev–Trinajstić information content (AvgIpc) is 2.72.